The van der Waals surface area contributed by atoms with Gasteiger partial charge in [0.1, 0.15) is 0 Å². The lowest BCUT2D eigenvalue weighted by Gasteiger charge is -2.06. The third-order valence-corrected chi connectivity index (χ3v) is 3.57. The van der Waals surface area contributed by atoms with E-state index in [0.29, 0.717) is 16.8 Å². The average Bonchev–Trinajstić information content (AvgIpc) is 3.12. The fraction of sp³-hybridized carbons (Fsp3) is 0.357. The fourth-order valence-electron chi connectivity index (χ4n) is 2.53. The number of carbonyl (C=O) groups excluding carboxylic acids is 1. The molecular formula is C14H12F3NO. The summed E-state index contributed by atoms with van der Waals surface area (Å²) in [5.74, 6) is -1.46. The van der Waals surface area contributed by atoms with Crippen LogP contribution >= 0.6 is 0 Å². The molecule has 0 radical (unpaired) electrons. The van der Waals surface area contributed by atoms with Gasteiger partial charge in [-0.15, -0.1) is 0 Å². The van der Waals surface area contributed by atoms with Gasteiger partial charge in [0.25, 0.3) is 5.78 Å². The van der Waals surface area contributed by atoms with Gasteiger partial charge < -0.3 is 4.57 Å². The van der Waals surface area contributed by atoms with Crippen molar-refractivity contribution in [3.05, 3.63) is 35.5 Å². The lowest BCUT2D eigenvalue weighted by atomic mass is 10.0. The lowest BCUT2D eigenvalue weighted by molar-refractivity contribution is -0.0884. The molecule has 0 spiro atoms. The molecule has 3 rings (SSSR count). The number of hydrogen-bond donors (Lipinski definition) is 0. The minimum absolute atomic E-state index is 0.229. The first-order chi connectivity index (χ1) is 8.89. The van der Waals surface area contributed by atoms with Crippen molar-refractivity contribution < 1.29 is 18.0 Å². The molecule has 1 saturated carbocycles. The Morgan fingerprint density at radius 3 is 2.58 bits per heavy atom. The molecule has 1 heterocycles. The van der Waals surface area contributed by atoms with E-state index in [0.717, 1.165) is 18.4 Å². The molecule has 1 aliphatic carbocycles. The number of nitrogens with zero attached hydrogens (tertiary/aromatic N) is 1. The number of halogens is 3. The fourth-order valence-corrected chi connectivity index (χ4v) is 2.53. The molecule has 1 fully saturated rings. The molecule has 0 aliphatic heterocycles. The second-order valence-corrected chi connectivity index (χ2v) is 5.00. The normalized spacial score (nSPS) is 16.0. The maximum atomic E-state index is 12.7. The molecule has 0 amide bonds. The van der Waals surface area contributed by atoms with E-state index in [2.05, 4.69) is 0 Å². The number of rotatable bonds is 2. The molecule has 19 heavy (non-hydrogen) atoms. The molecule has 1 aromatic heterocycles. The predicted molar refractivity (Wildman–Crippen MR) is 65.3 cm³/mol. The Bertz CT molecular complexity index is 665. The zero-order chi connectivity index (χ0) is 13.8. The number of ketones is 1. The summed E-state index contributed by atoms with van der Waals surface area (Å²) < 4.78 is 39.6. The summed E-state index contributed by atoms with van der Waals surface area (Å²) in [6.45, 7) is 0. The molecule has 1 aliphatic rings. The van der Waals surface area contributed by atoms with E-state index in [-0.39, 0.29) is 5.56 Å². The van der Waals surface area contributed by atoms with Crippen molar-refractivity contribution in [2.45, 2.75) is 24.9 Å². The van der Waals surface area contributed by atoms with Crippen molar-refractivity contribution >= 4 is 16.7 Å². The number of alkyl halides is 3. The highest BCUT2D eigenvalue weighted by atomic mass is 19.4. The van der Waals surface area contributed by atoms with Gasteiger partial charge in [0.2, 0.25) is 0 Å². The second kappa shape index (κ2) is 3.85. The highest BCUT2D eigenvalue weighted by Crippen LogP contribution is 2.44. The number of fused-ring (bicyclic) bond motifs is 1. The van der Waals surface area contributed by atoms with Crippen molar-refractivity contribution in [1.29, 1.82) is 0 Å². The van der Waals surface area contributed by atoms with Crippen molar-refractivity contribution in [2.75, 3.05) is 0 Å². The first-order valence-corrected chi connectivity index (χ1v) is 6.09. The lowest BCUT2D eigenvalue weighted by Crippen LogP contribution is -2.22. The highest BCUT2D eigenvalue weighted by molar-refractivity contribution is 6.11. The van der Waals surface area contributed by atoms with Crippen LogP contribution in [0.15, 0.2) is 24.4 Å². The van der Waals surface area contributed by atoms with E-state index in [1.165, 1.54) is 6.20 Å². The first-order valence-electron chi connectivity index (χ1n) is 6.09. The molecule has 0 N–H and O–H groups in total. The Hall–Kier alpha value is -1.78. The maximum Gasteiger partial charge on any atom is 0.454 e. The van der Waals surface area contributed by atoms with Gasteiger partial charge in [0.05, 0.1) is 5.56 Å². The first kappa shape index (κ1) is 12.3. The average molecular weight is 267 g/mol. The Morgan fingerprint density at radius 2 is 2.00 bits per heavy atom. The van der Waals surface area contributed by atoms with Gasteiger partial charge in [-0.25, -0.2) is 0 Å². The van der Waals surface area contributed by atoms with Crippen molar-refractivity contribution in [3.8, 4) is 0 Å². The zero-order valence-corrected chi connectivity index (χ0v) is 10.3. The summed E-state index contributed by atoms with van der Waals surface area (Å²) in [7, 11) is 1.66. The van der Waals surface area contributed by atoms with Gasteiger partial charge in [-0.05, 0) is 30.4 Å². The Kier molecular flexibility index (Phi) is 2.49. The molecule has 100 valence electrons. The van der Waals surface area contributed by atoms with Crippen molar-refractivity contribution in [1.82, 2.24) is 4.57 Å². The quantitative estimate of drug-likeness (QED) is 0.758. The van der Waals surface area contributed by atoms with E-state index in [1.807, 2.05) is 12.1 Å². The summed E-state index contributed by atoms with van der Waals surface area (Å²) in [6, 6.07) is 5.40. The van der Waals surface area contributed by atoms with Gasteiger partial charge >= 0.3 is 6.18 Å². The zero-order valence-electron chi connectivity index (χ0n) is 10.3. The van der Waals surface area contributed by atoms with Gasteiger partial charge in [-0.2, -0.15) is 13.2 Å². The summed E-state index contributed by atoms with van der Waals surface area (Å²) in [5.41, 5.74) is 1.32. The van der Waals surface area contributed by atoms with Crippen LogP contribution in [0.2, 0.25) is 0 Å². The van der Waals surface area contributed by atoms with Crippen LogP contribution in [0.5, 0.6) is 0 Å². The summed E-state index contributed by atoms with van der Waals surface area (Å²) >= 11 is 0. The minimum atomic E-state index is -4.83. The van der Waals surface area contributed by atoms with E-state index in [4.69, 9.17) is 0 Å². The number of aryl methyl sites for hydroxylation is 1. The smallest absolute Gasteiger partial charge is 0.350 e. The monoisotopic (exact) mass is 267 g/mol. The molecule has 1 aromatic carbocycles. The van der Waals surface area contributed by atoms with Crippen molar-refractivity contribution in [3.63, 3.8) is 0 Å². The van der Waals surface area contributed by atoms with Gasteiger partial charge in [0, 0.05) is 24.1 Å². The molecule has 0 bridgehead atoms. The number of Topliss-reactive ketones (excluding diaryl/α,β-unsaturated/α-hetero) is 1. The van der Waals surface area contributed by atoms with E-state index >= 15 is 0 Å². The molecule has 0 unspecified atom stereocenters. The molecule has 0 saturated heterocycles. The van der Waals surface area contributed by atoms with E-state index < -0.39 is 12.0 Å². The number of aromatic nitrogens is 1. The largest absolute Gasteiger partial charge is 0.454 e. The van der Waals surface area contributed by atoms with Crippen LogP contribution < -0.4 is 0 Å². The standard InChI is InChI=1S/C14H12F3NO/c1-18-7-10(13(19)14(15,16)17)12-9(8-5-6-8)3-2-4-11(12)18/h2-4,7-8H,5-6H2,1H3. The van der Waals surface area contributed by atoms with Crippen LogP contribution in [-0.2, 0) is 7.05 Å². The number of benzene rings is 1. The maximum absolute atomic E-state index is 12.7. The molecule has 0 atom stereocenters. The minimum Gasteiger partial charge on any atom is -0.350 e. The van der Waals surface area contributed by atoms with Crippen LogP contribution in [0.4, 0.5) is 13.2 Å². The summed E-state index contributed by atoms with van der Waals surface area (Å²) in [6.07, 6.45) is -1.58. The van der Waals surface area contributed by atoms with Crippen LogP contribution in [0.3, 0.4) is 0 Å². The second-order valence-electron chi connectivity index (χ2n) is 5.00. The Labute approximate surface area is 107 Å². The highest BCUT2D eigenvalue weighted by Gasteiger charge is 2.41. The number of carbonyl (C=O) groups is 1. The molecule has 5 heteroatoms. The SMILES string of the molecule is Cn1cc(C(=O)C(F)(F)F)c2c(C3CC3)cccc21. The van der Waals surface area contributed by atoms with Gasteiger partial charge in [-0.1, -0.05) is 12.1 Å². The Balaban J connectivity index is 2.27. The van der Waals surface area contributed by atoms with E-state index in [9.17, 15) is 18.0 Å². The van der Waals surface area contributed by atoms with Crippen LogP contribution in [0, 0.1) is 0 Å². The van der Waals surface area contributed by atoms with Gasteiger partial charge in [0.15, 0.2) is 0 Å². The third kappa shape index (κ3) is 1.93. The van der Waals surface area contributed by atoms with Crippen LogP contribution in [0.25, 0.3) is 10.9 Å². The molecule has 2 nitrogen and oxygen atoms in total. The van der Waals surface area contributed by atoms with E-state index in [1.54, 1.807) is 17.7 Å². The predicted octanol–water partition coefficient (Wildman–Crippen LogP) is 3.80. The van der Waals surface area contributed by atoms with Crippen LogP contribution in [-0.4, -0.2) is 16.5 Å². The summed E-state index contributed by atoms with van der Waals surface area (Å²) in [4.78, 5) is 11.6. The molecule has 2 aromatic rings. The third-order valence-electron chi connectivity index (χ3n) is 3.57. The topological polar surface area (TPSA) is 22.0 Å². The summed E-state index contributed by atoms with van der Waals surface area (Å²) in [5, 5.41) is 0.467. The number of hydrogen-bond acceptors (Lipinski definition) is 1. The van der Waals surface area contributed by atoms with Crippen molar-refractivity contribution in [2.24, 2.45) is 7.05 Å². The van der Waals surface area contributed by atoms with Gasteiger partial charge in [-0.3, -0.25) is 4.79 Å². The Morgan fingerprint density at radius 1 is 1.32 bits per heavy atom. The van der Waals surface area contributed by atoms with Crippen LogP contribution in [0.1, 0.15) is 34.7 Å². The molecular weight excluding hydrogens is 255 g/mol.